The summed E-state index contributed by atoms with van der Waals surface area (Å²) in [5.74, 6) is -0.843. The Morgan fingerprint density at radius 2 is 2.13 bits per heavy atom. The first-order valence-electron chi connectivity index (χ1n) is 9.21. The van der Waals surface area contributed by atoms with Crippen LogP contribution in [-0.4, -0.2) is 40.8 Å². The van der Waals surface area contributed by atoms with Gasteiger partial charge in [-0.2, -0.15) is 0 Å². The van der Waals surface area contributed by atoms with Crippen LogP contribution in [0.25, 0.3) is 0 Å². The number of aromatic nitrogens is 1. The summed E-state index contributed by atoms with van der Waals surface area (Å²) in [5, 5.41) is 6.72. The molecule has 0 spiro atoms. The molecular formula is C20H18BrCl2N3O4S. The molecule has 2 atom stereocenters. The Labute approximate surface area is 201 Å². The molecule has 0 saturated carbocycles. The Kier molecular flexibility index (Phi) is 8.10. The fraction of sp³-hybridized carbons (Fsp3) is 0.300. The van der Waals surface area contributed by atoms with Crippen LogP contribution in [-0.2, 0) is 19.1 Å². The number of nitrogens with one attached hydrogen (secondary N) is 1. The number of alkyl halides is 1. The van der Waals surface area contributed by atoms with E-state index in [0.29, 0.717) is 37.5 Å². The summed E-state index contributed by atoms with van der Waals surface area (Å²) >= 11 is 17.3. The topological polar surface area (TPSA) is 89.9 Å². The number of thiazole rings is 1. The lowest BCUT2D eigenvalue weighted by Crippen LogP contribution is -2.36. The molecule has 164 valence electrons. The second-order valence-electron chi connectivity index (χ2n) is 6.33. The number of esters is 2. The van der Waals surface area contributed by atoms with E-state index >= 15 is 0 Å². The van der Waals surface area contributed by atoms with E-state index in [1.807, 2.05) is 5.38 Å². The van der Waals surface area contributed by atoms with Crippen molar-refractivity contribution in [3.05, 3.63) is 61.7 Å². The van der Waals surface area contributed by atoms with E-state index in [1.54, 1.807) is 31.3 Å². The van der Waals surface area contributed by atoms with Crippen molar-refractivity contribution in [1.29, 1.82) is 0 Å². The van der Waals surface area contributed by atoms with Gasteiger partial charge in [0.25, 0.3) is 0 Å². The number of aliphatic imine (C=N–C) groups is 1. The minimum Gasteiger partial charge on any atom is -0.463 e. The lowest BCUT2D eigenvalue weighted by Gasteiger charge is -2.27. The molecule has 2 aromatic rings. The number of benzene rings is 1. The summed E-state index contributed by atoms with van der Waals surface area (Å²) in [7, 11) is 0. The third-order valence-corrected chi connectivity index (χ3v) is 6.18. The van der Waals surface area contributed by atoms with Crippen molar-refractivity contribution in [2.45, 2.75) is 26.0 Å². The maximum atomic E-state index is 13.1. The molecule has 31 heavy (non-hydrogen) atoms. The fourth-order valence-electron chi connectivity index (χ4n) is 2.87. The molecule has 7 nitrogen and oxygen atoms in total. The maximum absolute atomic E-state index is 13.1. The Morgan fingerprint density at radius 3 is 2.74 bits per heavy atom. The third-order valence-electron chi connectivity index (χ3n) is 4.27. The summed E-state index contributed by atoms with van der Waals surface area (Å²) in [4.78, 5) is 34.1. The molecule has 2 heterocycles. The highest BCUT2D eigenvalue weighted by Crippen LogP contribution is 2.37. The van der Waals surface area contributed by atoms with Gasteiger partial charge in [0.05, 0.1) is 12.2 Å². The molecule has 3 rings (SSSR count). The van der Waals surface area contributed by atoms with Crippen LogP contribution in [0.2, 0.25) is 10.0 Å². The number of nitrogens with zero attached hydrogens (tertiary/aromatic N) is 2. The lowest BCUT2D eigenvalue weighted by atomic mass is 9.96. The van der Waals surface area contributed by atoms with Crippen LogP contribution in [0.4, 0.5) is 0 Å². The van der Waals surface area contributed by atoms with Gasteiger partial charge in [-0.1, -0.05) is 45.2 Å². The Bertz CT molecular complexity index is 1040. The van der Waals surface area contributed by atoms with Crippen LogP contribution < -0.4 is 5.32 Å². The zero-order valence-electron chi connectivity index (χ0n) is 16.5. The van der Waals surface area contributed by atoms with Crippen LogP contribution in [0.3, 0.4) is 0 Å². The van der Waals surface area contributed by atoms with Gasteiger partial charge in [0.2, 0.25) is 0 Å². The molecule has 2 unspecified atom stereocenters. The molecule has 0 fully saturated rings. The van der Waals surface area contributed by atoms with Crippen LogP contribution >= 0.6 is 50.5 Å². The van der Waals surface area contributed by atoms with Gasteiger partial charge in [-0.3, -0.25) is 4.99 Å². The van der Waals surface area contributed by atoms with Gasteiger partial charge in [0, 0.05) is 38.2 Å². The average molecular weight is 547 g/mol. The highest BCUT2D eigenvalue weighted by molar-refractivity contribution is 9.09. The molecule has 1 aromatic carbocycles. The lowest BCUT2D eigenvalue weighted by molar-refractivity contribution is -0.164. The Hall–Kier alpha value is -1.94. The molecule has 0 radical (unpaired) electrons. The Morgan fingerprint density at radius 1 is 1.35 bits per heavy atom. The molecule has 1 N–H and O–H groups in total. The minimum absolute atomic E-state index is 0.183. The number of amidine groups is 1. The number of carbonyl (C=O) groups excluding carboxylic acids is 2. The van der Waals surface area contributed by atoms with Gasteiger partial charge in [0.1, 0.15) is 6.04 Å². The third kappa shape index (κ3) is 5.46. The summed E-state index contributed by atoms with van der Waals surface area (Å²) in [5.41, 5.74) is 1.31. The first kappa shape index (κ1) is 23.7. The molecule has 0 aliphatic carbocycles. The van der Waals surface area contributed by atoms with Gasteiger partial charge < -0.3 is 14.8 Å². The fourth-order valence-corrected chi connectivity index (χ4v) is 4.41. The van der Waals surface area contributed by atoms with E-state index < -0.39 is 24.1 Å². The normalized spacial score (nSPS) is 16.9. The number of carbonyl (C=O) groups is 2. The van der Waals surface area contributed by atoms with Gasteiger partial charge in [-0.05, 0) is 26.0 Å². The smallest absolute Gasteiger partial charge is 0.347 e. The molecule has 11 heteroatoms. The van der Waals surface area contributed by atoms with E-state index in [-0.39, 0.29) is 12.2 Å². The van der Waals surface area contributed by atoms with Crippen molar-refractivity contribution in [2.24, 2.45) is 4.99 Å². The van der Waals surface area contributed by atoms with Crippen molar-refractivity contribution in [3.63, 3.8) is 0 Å². The van der Waals surface area contributed by atoms with E-state index in [0.717, 1.165) is 0 Å². The molecule has 0 saturated heterocycles. The number of rotatable bonds is 7. The zero-order valence-corrected chi connectivity index (χ0v) is 20.4. The molecule has 0 bridgehead atoms. The van der Waals surface area contributed by atoms with Crippen LogP contribution in [0, 0.1) is 0 Å². The first-order valence-corrected chi connectivity index (χ1v) is 12.0. The van der Waals surface area contributed by atoms with Crippen molar-refractivity contribution in [1.82, 2.24) is 10.3 Å². The monoisotopic (exact) mass is 545 g/mol. The van der Waals surface area contributed by atoms with Gasteiger partial charge in [-0.25, -0.2) is 14.6 Å². The van der Waals surface area contributed by atoms with Gasteiger partial charge in [0.15, 0.2) is 16.9 Å². The Balaban J connectivity index is 2.05. The van der Waals surface area contributed by atoms with Crippen molar-refractivity contribution in [2.75, 3.05) is 11.9 Å². The highest BCUT2D eigenvalue weighted by atomic mass is 79.9. The SMILES string of the molecule is CCOC(=O)C(C)OC(=O)C1=C(CBr)NC(c2nccs2)=NC1c1ccc(Cl)cc1Cl. The van der Waals surface area contributed by atoms with E-state index in [9.17, 15) is 9.59 Å². The number of allylic oxidation sites excluding steroid dienone is 1. The predicted octanol–water partition coefficient (Wildman–Crippen LogP) is 4.68. The van der Waals surface area contributed by atoms with E-state index in [4.69, 9.17) is 37.7 Å². The first-order chi connectivity index (χ1) is 14.8. The van der Waals surface area contributed by atoms with Gasteiger partial charge >= 0.3 is 11.9 Å². The van der Waals surface area contributed by atoms with Crippen LogP contribution in [0.5, 0.6) is 0 Å². The van der Waals surface area contributed by atoms with Crippen LogP contribution in [0.15, 0.2) is 46.0 Å². The quantitative estimate of drug-likeness (QED) is 0.400. The summed E-state index contributed by atoms with van der Waals surface area (Å²) < 4.78 is 10.3. The molecule has 1 aliphatic rings. The molecular weight excluding hydrogens is 529 g/mol. The maximum Gasteiger partial charge on any atom is 0.347 e. The van der Waals surface area contributed by atoms with Gasteiger partial charge in [-0.15, -0.1) is 11.3 Å². The second kappa shape index (κ2) is 10.6. The number of ether oxygens (including phenoxy) is 2. The van der Waals surface area contributed by atoms with Crippen molar-refractivity contribution >= 4 is 68.2 Å². The number of hydrogen-bond acceptors (Lipinski definition) is 8. The van der Waals surface area contributed by atoms with E-state index in [2.05, 4.69) is 26.2 Å². The highest BCUT2D eigenvalue weighted by Gasteiger charge is 2.35. The number of halogens is 3. The zero-order chi connectivity index (χ0) is 22.5. The summed E-state index contributed by atoms with van der Waals surface area (Å²) in [6, 6.07) is 4.16. The predicted molar refractivity (Wildman–Crippen MR) is 124 cm³/mol. The summed E-state index contributed by atoms with van der Waals surface area (Å²) in [6.45, 7) is 3.31. The van der Waals surface area contributed by atoms with Crippen LogP contribution in [0.1, 0.15) is 30.5 Å². The average Bonchev–Trinajstić information content (AvgIpc) is 3.27. The second-order valence-corrected chi connectivity index (χ2v) is 8.63. The standard InChI is InChI=1S/C20H18BrCl2N3O4S/c1-3-29-19(27)10(2)30-20(28)15-14(9-21)25-17(18-24-6-7-31-18)26-16(15)12-5-4-11(22)8-13(12)23/h4-8,10,16H,3,9H2,1-2H3,(H,25,26). The van der Waals surface area contributed by atoms with E-state index in [1.165, 1.54) is 18.3 Å². The molecule has 0 amide bonds. The molecule has 1 aliphatic heterocycles. The number of hydrogen-bond donors (Lipinski definition) is 1. The van der Waals surface area contributed by atoms with Crippen molar-refractivity contribution < 1.29 is 19.1 Å². The molecule has 1 aromatic heterocycles. The summed E-state index contributed by atoms with van der Waals surface area (Å²) in [6.07, 6.45) is 0.582. The minimum atomic E-state index is -1.08. The largest absolute Gasteiger partial charge is 0.463 e. The van der Waals surface area contributed by atoms with Crippen molar-refractivity contribution in [3.8, 4) is 0 Å².